The smallest absolute Gasteiger partial charge is 0.343 e. The van der Waals surface area contributed by atoms with Gasteiger partial charge in [0.15, 0.2) is 11.5 Å². The van der Waals surface area contributed by atoms with E-state index >= 15 is 0 Å². The normalized spacial score (nSPS) is 13.1. The van der Waals surface area contributed by atoms with Crippen LogP contribution in [0.4, 0.5) is 27.5 Å². The van der Waals surface area contributed by atoms with Gasteiger partial charge in [0, 0.05) is 6.07 Å². The number of anilines is 2. The Morgan fingerprint density at radius 1 is 0.750 bits per heavy atom. The van der Waals surface area contributed by atoms with E-state index in [4.69, 9.17) is 9.47 Å². The molecule has 4 amide bonds. The second-order valence-electron chi connectivity index (χ2n) is 9.10. The predicted octanol–water partition coefficient (Wildman–Crippen LogP) is 6.65. The number of halogens is 1. The molecule has 4 aromatic rings. The van der Waals surface area contributed by atoms with Crippen molar-refractivity contribution in [1.82, 2.24) is 0 Å². The van der Waals surface area contributed by atoms with Crippen molar-refractivity contribution in [3.63, 3.8) is 0 Å². The second kappa shape index (κ2) is 12.1. The molecule has 1 saturated heterocycles. The summed E-state index contributed by atoms with van der Waals surface area (Å²) in [5.74, 6) is -1.96. The summed E-state index contributed by atoms with van der Waals surface area (Å²) in [7, 11) is 1.31. The third-order valence-corrected chi connectivity index (χ3v) is 6.99. The minimum atomic E-state index is -0.852. The molecule has 1 fully saturated rings. The van der Waals surface area contributed by atoms with E-state index in [1.54, 1.807) is 60.7 Å². The lowest BCUT2D eigenvalue weighted by atomic mass is 10.0. The van der Waals surface area contributed by atoms with Crippen molar-refractivity contribution in [3.05, 3.63) is 127 Å². The number of nitro groups is 2. The van der Waals surface area contributed by atoms with E-state index in [9.17, 15) is 34.6 Å². The van der Waals surface area contributed by atoms with Crippen LogP contribution in [0.1, 0.15) is 5.56 Å². The quantitative estimate of drug-likeness (QED) is 0.0872. The molecule has 0 saturated carbocycles. The number of carbonyl (C=O) groups is 3. The highest BCUT2D eigenvalue weighted by Gasteiger charge is 2.43. The number of para-hydroxylation sites is 2. The zero-order chi connectivity index (χ0) is 31.5. The molecule has 5 rings (SSSR count). The summed E-state index contributed by atoms with van der Waals surface area (Å²) in [6, 6.07) is 21.3. The maximum Gasteiger partial charge on any atom is 0.343 e. The second-order valence-corrected chi connectivity index (χ2v) is 9.95. The first kappa shape index (κ1) is 29.6. The molecular weight excluding hydrogens is 640 g/mol. The van der Waals surface area contributed by atoms with Gasteiger partial charge in [-0.3, -0.25) is 29.8 Å². The fourth-order valence-electron chi connectivity index (χ4n) is 4.39. The molecule has 0 bridgehead atoms. The summed E-state index contributed by atoms with van der Waals surface area (Å²) < 4.78 is 11.4. The summed E-state index contributed by atoms with van der Waals surface area (Å²) >= 11 is 3.34. The molecule has 0 aliphatic carbocycles. The number of rotatable bonds is 8. The van der Waals surface area contributed by atoms with E-state index < -0.39 is 39.1 Å². The van der Waals surface area contributed by atoms with Gasteiger partial charge in [-0.05, 0) is 70.0 Å². The van der Waals surface area contributed by atoms with Gasteiger partial charge in [0.25, 0.3) is 17.5 Å². The summed E-state index contributed by atoms with van der Waals surface area (Å²) in [5, 5.41) is 22.7. The maximum absolute atomic E-state index is 13.7. The zero-order valence-corrected chi connectivity index (χ0v) is 24.2. The Bertz CT molecular complexity index is 1800. The number of hydrogen-bond donors (Lipinski definition) is 0. The molecule has 1 aliphatic heterocycles. The first-order chi connectivity index (χ1) is 21.1. The van der Waals surface area contributed by atoms with Crippen molar-refractivity contribution < 1.29 is 33.7 Å². The van der Waals surface area contributed by atoms with Gasteiger partial charge < -0.3 is 9.47 Å². The van der Waals surface area contributed by atoms with E-state index in [1.165, 1.54) is 25.3 Å². The van der Waals surface area contributed by atoms with Gasteiger partial charge in [-0.15, -0.1) is 0 Å². The van der Waals surface area contributed by atoms with Crippen molar-refractivity contribution >= 4 is 62.6 Å². The molecule has 44 heavy (non-hydrogen) atoms. The van der Waals surface area contributed by atoms with Gasteiger partial charge in [-0.25, -0.2) is 14.6 Å². The molecule has 4 aromatic carbocycles. The highest BCUT2D eigenvalue weighted by Crippen LogP contribution is 2.43. The molecule has 0 unspecified atom stereocenters. The first-order valence-corrected chi connectivity index (χ1v) is 13.4. The fourth-order valence-corrected chi connectivity index (χ4v) is 4.93. The SMILES string of the molecule is COc1cc(C=C2C(=O)N(c3ccccc3)C(=O)N(c3ccccc3)C2=O)cc(Br)c1Oc1ccc([N+](=O)[O-])cc1[N+](=O)[O-]. The summed E-state index contributed by atoms with van der Waals surface area (Å²) in [6.45, 7) is 0. The van der Waals surface area contributed by atoms with Crippen molar-refractivity contribution in [2.45, 2.75) is 0 Å². The summed E-state index contributed by atoms with van der Waals surface area (Å²) in [4.78, 5) is 63.7. The van der Waals surface area contributed by atoms with Crippen LogP contribution in [-0.2, 0) is 9.59 Å². The van der Waals surface area contributed by atoms with Crippen LogP contribution in [0.15, 0.2) is 101 Å². The Kier molecular flexibility index (Phi) is 8.17. The largest absolute Gasteiger partial charge is 0.493 e. The van der Waals surface area contributed by atoms with Gasteiger partial charge in [-0.2, -0.15) is 0 Å². The lowest BCUT2D eigenvalue weighted by Crippen LogP contribution is -2.57. The van der Waals surface area contributed by atoms with E-state index in [1.807, 2.05) is 0 Å². The Balaban J connectivity index is 1.58. The lowest BCUT2D eigenvalue weighted by molar-refractivity contribution is -0.394. The monoisotopic (exact) mass is 658 g/mol. The van der Waals surface area contributed by atoms with Crippen LogP contribution in [0.2, 0.25) is 0 Å². The average Bonchev–Trinajstić information content (AvgIpc) is 3.01. The van der Waals surface area contributed by atoms with E-state index in [-0.39, 0.29) is 44.2 Å². The number of nitro benzene ring substituents is 2. The predicted molar refractivity (Wildman–Crippen MR) is 162 cm³/mol. The molecule has 1 aliphatic rings. The Hall–Kier alpha value is -5.89. The third-order valence-electron chi connectivity index (χ3n) is 6.40. The number of barbiturate groups is 1. The Morgan fingerprint density at radius 2 is 1.32 bits per heavy atom. The van der Waals surface area contributed by atoms with Crippen molar-refractivity contribution in [2.24, 2.45) is 0 Å². The molecule has 0 atom stereocenters. The number of urea groups is 1. The Labute approximate surface area is 257 Å². The maximum atomic E-state index is 13.7. The van der Waals surface area contributed by atoms with Gasteiger partial charge >= 0.3 is 11.7 Å². The number of imide groups is 2. The highest BCUT2D eigenvalue weighted by atomic mass is 79.9. The molecule has 13 nitrogen and oxygen atoms in total. The summed E-state index contributed by atoms with van der Waals surface area (Å²) in [5.41, 5.74) is -0.670. The molecule has 14 heteroatoms. The first-order valence-electron chi connectivity index (χ1n) is 12.6. The molecule has 0 radical (unpaired) electrons. The van der Waals surface area contributed by atoms with Gasteiger partial charge in [-0.1, -0.05) is 36.4 Å². The van der Waals surface area contributed by atoms with E-state index in [0.717, 1.165) is 28.0 Å². The van der Waals surface area contributed by atoms with Crippen LogP contribution in [0.3, 0.4) is 0 Å². The van der Waals surface area contributed by atoms with Crippen molar-refractivity contribution in [1.29, 1.82) is 0 Å². The minimum Gasteiger partial charge on any atom is -0.493 e. The van der Waals surface area contributed by atoms with Gasteiger partial charge in [0.1, 0.15) is 5.57 Å². The molecule has 220 valence electrons. The lowest BCUT2D eigenvalue weighted by Gasteiger charge is -2.34. The number of methoxy groups -OCH3 is 1. The van der Waals surface area contributed by atoms with Crippen molar-refractivity contribution in [2.75, 3.05) is 16.9 Å². The number of amides is 4. The third kappa shape index (κ3) is 5.61. The van der Waals surface area contributed by atoms with Crippen LogP contribution < -0.4 is 19.3 Å². The number of nitrogens with zero attached hydrogens (tertiary/aromatic N) is 4. The van der Waals surface area contributed by atoms with E-state index in [2.05, 4.69) is 15.9 Å². The average molecular weight is 659 g/mol. The molecule has 0 N–H and O–H groups in total. The molecule has 0 spiro atoms. The van der Waals surface area contributed by atoms with Gasteiger partial charge in [0.2, 0.25) is 5.75 Å². The van der Waals surface area contributed by atoms with Gasteiger partial charge in [0.05, 0.1) is 38.9 Å². The topological polar surface area (TPSA) is 162 Å². The van der Waals surface area contributed by atoms with Crippen molar-refractivity contribution in [3.8, 4) is 17.2 Å². The Morgan fingerprint density at radius 3 is 1.82 bits per heavy atom. The van der Waals surface area contributed by atoms with Crippen LogP contribution in [0, 0.1) is 20.2 Å². The van der Waals surface area contributed by atoms with Crippen LogP contribution in [0.25, 0.3) is 6.08 Å². The fraction of sp³-hybridized carbons (Fsp3) is 0.0333. The number of carbonyl (C=O) groups excluding carboxylic acids is 3. The zero-order valence-electron chi connectivity index (χ0n) is 22.6. The molecular formula is C30H19BrN4O9. The van der Waals surface area contributed by atoms with E-state index in [0.29, 0.717) is 0 Å². The number of non-ortho nitro benzene ring substituents is 1. The molecule has 0 aromatic heterocycles. The summed E-state index contributed by atoms with van der Waals surface area (Å²) in [6.07, 6.45) is 1.29. The number of hydrogen-bond acceptors (Lipinski definition) is 9. The van der Waals surface area contributed by atoms with Crippen LogP contribution in [-0.4, -0.2) is 34.8 Å². The highest BCUT2D eigenvalue weighted by molar-refractivity contribution is 9.10. The molecule has 1 heterocycles. The number of benzene rings is 4. The standard InChI is InChI=1S/C30H19BrN4O9/c1-43-26-16-18(15-23(31)27(26)44-25-13-12-21(34(39)40)17-24(25)35(41)42)14-22-28(36)32(19-8-4-2-5-9-19)30(38)33(29(22)37)20-10-6-3-7-11-20/h2-17H,1H3. The van der Waals surface area contributed by atoms with Crippen LogP contribution >= 0.6 is 15.9 Å². The minimum absolute atomic E-state index is 0.0140. The van der Waals surface area contributed by atoms with Crippen LogP contribution in [0.5, 0.6) is 17.2 Å². The number of ether oxygens (including phenoxy) is 2.